The molecule has 0 heterocycles. The van der Waals surface area contributed by atoms with E-state index in [4.69, 9.17) is 0 Å². The Balaban J connectivity index is 3.39. The molecule has 4 heteroatoms. The van der Waals surface area contributed by atoms with Gasteiger partial charge in [-0.3, -0.25) is 9.59 Å². The van der Waals surface area contributed by atoms with Crippen LogP contribution < -0.4 is 0 Å². The van der Waals surface area contributed by atoms with E-state index in [0.717, 1.165) is 27.8 Å². The average molecular weight is 320 g/mol. The fourth-order valence-corrected chi connectivity index (χ4v) is 2.85. The maximum Gasteiger partial charge on any atom is 0.309 e. The zero-order valence-electron chi connectivity index (χ0n) is 15.2. The van der Waals surface area contributed by atoms with Crippen LogP contribution in [0.25, 0.3) is 0 Å². The summed E-state index contributed by atoms with van der Waals surface area (Å²) in [6.45, 7) is 12.8. The highest BCUT2D eigenvalue weighted by molar-refractivity contribution is 5.75. The molecule has 1 aromatic carbocycles. The molecule has 0 amide bonds. The molecule has 0 aliphatic rings. The predicted octanol–water partition coefficient (Wildman–Crippen LogP) is 3.92. The Morgan fingerprint density at radius 2 is 1.13 bits per heavy atom. The molecule has 0 saturated carbocycles. The number of carboxylic acids is 2. The van der Waals surface area contributed by atoms with E-state index in [1.54, 1.807) is 27.7 Å². The first-order valence-electron chi connectivity index (χ1n) is 7.85. The Kier molecular flexibility index (Phi) is 5.30. The molecule has 1 rings (SSSR count). The summed E-state index contributed by atoms with van der Waals surface area (Å²) >= 11 is 0. The van der Waals surface area contributed by atoms with Crippen LogP contribution in [0.5, 0.6) is 0 Å². The molecule has 0 aliphatic carbocycles. The molecule has 0 saturated heterocycles. The lowest BCUT2D eigenvalue weighted by Gasteiger charge is -2.27. The number of hydrogen-bond donors (Lipinski definition) is 2. The van der Waals surface area contributed by atoms with Gasteiger partial charge in [0.1, 0.15) is 0 Å². The zero-order chi connectivity index (χ0) is 18.2. The van der Waals surface area contributed by atoms with Crippen molar-refractivity contribution in [2.75, 3.05) is 0 Å². The number of benzene rings is 1. The molecule has 2 N–H and O–H groups in total. The van der Waals surface area contributed by atoms with Gasteiger partial charge in [0.15, 0.2) is 0 Å². The van der Waals surface area contributed by atoms with Gasteiger partial charge in [0.05, 0.1) is 10.8 Å². The van der Waals surface area contributed by atoms with Crippen molar-refractivity contribution in [2.45, 2.75) is 61.3 Å². The standard InChI is InChI=1S/C19H28O4/c1-11-8-12(2)15(10-19(6,7)17(22)23)13(3)14(11)9-18(4,5)16(20)21/h8H,9-10H2,1-7H3,(H,20,21)(H,22,23). The smallest absolute Gasteiger partial charge is 0.309 e. The van der Waals surface area contributed by atoms with Gasteiger partial charge in [-0.25, -0.2) is 0 Å². The van der Waals surface area contributed by atoms with E-state index in [1.807, 2.05) is 26.8 Å². The van der Waals surface area contributed by atoms with Gasteiger partial charge in [0.25, 0.3) is 0 Å². The Labute approximate surface area is 138 Å². The first-order chi connectivity index (χ1) is 10.3. The molecule has 0 aliphatic heterocycles. The second-order valence-electron chi connectivity index (χ2n) is 7.82. The maximum atomic E-state index is 11.4. The van der Waals surface area contributed by atoms with Crippen LogP contribution in [0.2, 0.25) is 0 Å². The summed E-state index contributed by atoms with van der Waals surface area (Å²) in [4.78, 5) is 22.9. The van der Waals surface area contributed by atoms with Gasteiger partial charge in [-0.05, 0) is 89.1 Å². The normalized spacial score (nSPS) is 12.3. The van der Waals surface area contributed by atoms with E-state index < -0.39 is 22.8 Å². The van der Waals surface area contributed by atoms with Crippen LogP contribution in [0, 0.1) is 31.6 Å². The Morgan fingerprint density at radius 3 is 1.39 bits per heavy atom. The molecule has 0 fully saturated rings. The molecule has 128 valence electrons. The molecule has 0 radical (unpaired) electrons. The maximum absolute atomic E-state index is 11.4. The second-order valence-corrected chi connectivity index (χ2v) is 7.82. The van der Waals surface area contributed by atoms with Gasteiger partial charge in [-0.2, -0.15) is 0 Å². The molecule has 0 bridgehead atoms. The number of aliphatic carboxylic acids is 2. The van der Waals surface area contributed by atoms with Gasteiger partial charge in [0, 0.05) is 0 Å². The number of hydrogen-bond acceptors (Lipinski definition) is 2. The Morgan fingerprint density at radius 1 is 0.826 bits per heavy atom. The third-order valence-corrected chi connectivity index (χ3v) is 4.69. The first-order valence-corrected chi connectivity index (χ1v) is 7.85. The molecule has 0 spiro atoms. The van der Waals surface area contributed by atoms with Gasteiger partial charge >= 0.3 is 11.9 Å². The van der Waals surface area contributed by atoms with E-state index in [9.17, 15) is 19.8 Å². The van der Waals surface area contributed by atoms with Crippen LogP contribution in [0.15, 0.2) is 6.07 Å². The van der Waals surface area contributed by atoms with Crippen molar-refractivity contribution in [2.24, 2.45) is 10.8 Å². The summed E-state index contributed by atoms with van der Waals surface area (Å²) in [6.07, 6.45) is 0.863. The summed E-state index contributed by atoms with van der Waals surface area (Å²) < 4.78 is 0. The molecule has 0 atom stereocenters. The van der Waals surface area contributed by atoms with E-state index in [1.165, 1.54) is 0 Å². The monoisotopic (exact) mass is 320 g/mol. The summed E-state index contributed by atoms with van der Waals surface area (Å²) in [5, 5.41) is 18.8. The van der Waals surface area contributed by atoms with Crippen molar-refractivity contribution < 1.29 is 19.8 Å². The third-order valence-electron chi connectivity index (χ3n) is 4.69. The molecule has 4 nitrogen and oxygen atoms in total. The van der Waals surface area contributed by atoms with Crippen LogP contribution in [-0.2, 0) is 22.4 Å². The van der Waals surface area contributed by atoms with Gasteiger partial charge in [-0.15, -0.1) is 0 Å². The summed E-state index contributed by atoms with van der Waals surface area (Å²) in [5.74, 6) is -1.66. The molecule has 0 aromatic heterocycles. The van der Waals surface area contributed by atoms with E-state index in [-0.39, 0.29) is 0 Å². The lowest BCUT2D eigenvalue weighted by Crippen LogP contribution is -2.29. The molecule has 23 heavy (non-hydrogen) atoms. The first kappa shape index (κ1) is 19.2. The number of rotatable bonds is 6. The number of carboxylic acid groups (broad SMARTS) is 2. The van der Waals surface area contributed by atoms with Gasteiger partial charge in [0.2, 0.25) is 0 Å². The minimum Gasteiger partial charge on any atom is -0.481 e. The SMILES string of the molecule is Cc1cc(C)c(CC(C)(C)C(=O)O)c(C)c1CC(C)(C)C(=O)O. The van der Waals surface area contributed by atoms with Crippen molar-refractivity contribution in [3.05, 3.63) is 33.9 Å². The van der Waals surface area contributed by atoms with Crippen LogP contribution in [0.4, 0.5) is 0 Å². The van der Waals surface area contributed by atoms with Crippen molar-refractivity contribution in [3.8, 4) is 0 Å². The predicted molar refractivity (Wildman–Crippen MR) is 90.9 cm³/mol. The lowest BCUT2D eigenvalue weighted by molar-refractivity contribution is -0.147. The number of aryl methyl sites for hydroxylation is 2. The van der Waals surface area contributed by atoms with Crippen LogP contribution in [-0.4, -0.2) is 22.2 Å². The van der Waals surface area contributed by atoms with E-state index >= 15 is 0 Å². The van der Waals surface area contributed by atoms with Crippen molar-refractivity contribution in [3.63, 3.8) is 0 Å². The second kappa shape index (κ2) is 6.34. The largest absolute Gasteiger partial charge is 0.481 e. The van der Waals surface area contributed by atoms with Crippen molar-refractivity contribution in [1.82, 2.24) is 0 Å². The summed E-state index contributed by atoms with van der Waals surface area (Å²) in [6, 6.07) is 2.04. The quantitative estimate of drug-likeness (QED) is 0.833. The molecular formula is C19H28O4. The minimum absolute atomic E-state index is 0.431. The lowest BCUT2D eigenvalue weighted by atomic mass is 9.77. The van der Waals surface area contributed by atoms with Gasteiger partial charge < -0.3 is 10.2 Å². The van der Waals surface area contributed by atoms with Crippen molar-refractivity contribution >= 4 is 11.9 Å². The highest BCUT2D eigenvalue weighted by Gasteiger charge is 2.32. The zero-order valence-corrected chi connectivity index (χ0v) is 15.2. The summed E-state index contributed by atoms with van der Waals surface area (Å²) in [7, 11) is 0. The fraction of sp³-hybridized carbons (Fsp3) is 0.579. The highest BCUT2D eigenvalue weighted by Crippen LogP contribution is 2.33. The van der Waals surface area contributed by atoms with Crippen LogP contribution in [0.1, 0.15) is 55.5 Å². The molecule has 1 aromatic rings. The Bertz CT molecular complexity index is 587. The topological polar surface area (TPSA) is 74.6 Å². The fourth-order valence-electron chi connectivity index (χ4n) is 2.85. The minimum atomic E-state index is -0.857. The van der Waals surface area contributed by atoms with Crippen LogP contribution >= 0.6 is 0 Å². The van der Waals surface area contributed by atoms with Gasteiger partial charge in [-0.1, -0.05) is 6.07 Å². The highest BCUT2D eigenvalue weighted by atomic mass is 16.4. The van der Waals surface area contributed by atoms with E-state index in [2.05, 4.69) is 0 Å². The molecule has 0 unspecified atom stereocenters. The van der Waals surface area contributed by atoms with E-state index in [0.29, 0.717) is 12.8 Å². The number of carbonyl (C=O) groups is 2. The summed E-state index contributed by atoms with van der Waals surface area (Å²) in [5.41, 5.74) is 3.45. The van der Waals surface area contributed by atoms with Crippen molar-refractivity contribution in [1.29, 1.82) is 0 Å². The molecular weight excluding hydrogens is 292 g/mol. The average Bonchev–Trinajstić information content (AvgIpc) is 2.39. The van der Waals surface area contributed by atoms with Crippen LogP contribution in [0.3, 0.4) is 0 Å². The Hall–Kier alpha value is -1.84. The third kappa shape index (κ3) is 4.12.